The van der Waals surface area contributed by atoms with Crippen molar-refractivity contribution in [3.63, 3.8) is 0 Å². The Morgan fingerprint density at radius 1 is 1.23 bits per heavy atom. The molecule has 0 aliphatic carbocycles. The largest absolute Gasteiger partial charge is 0.464 e. The molecule has 0 saturated carbocycles. The number of alkyl halides is 3. The van der Waals surface area contributed by atoms with Gasteiger partial charge < -0.3 is 14.5 Å². The molecule has 7 nitrogen and oxygen atoms in total. The maximum Gasteiger partial charge on any atom is 0.405 e. The number of rotatable bonds is 5. The molecule has 2 rings (SSSR count). The van der Waals surface area contributed by atoms with Crippen molar-refractivity contribution in [2.24, 2.45) is 0 Å². The number of furan rings is 1. The molecule has 0 spiro atoms. The summed E-state index contributed by atoms with van der Waals surface area (Å²) in [6.45, 7) is -0.495. The quantitative estimate of drug-likeness (QED) is 0.785. The summed E-state index contributed by atoms with van der Waals surface area (Å²) >= 11 is 0. The van der Waals surface area contributed by atoms with Gasteiger partial charge in [0.05, 0.1) is 12.7 Å². The van der Waals surface area contributed by atoms with E-state index in [1.807, 2.05) is 13.0 Å². The highest BCUT2D eigenvalue weighted by molar-refractivity contribution is 5.95. The second-order valence-electron chi connectivity index (χ2n) is 5.44. The maximum atomic E-state index is 11.9. The van der Waals surface area contributed by atoms with Crippen molar-refractivity contribution in [2.75, 3.05) is 13.2 Å². The smallest absolute Gasteiger partial charge is 0.405 e. The van der Waals surface area contributed by atoms with Crippen LogP contribution in [0.5, 0.6) is 0 Å². The number of hydrogen-bond donors (Lipinski definition) is 2. The van der Waals surface area contributed by atoms with Crippen LogP contribution in [0.1, 0.15) is 11.1 Å². The molecule has 0 bridgehead atoms. The second-order valence-corrected chi connectivity index (χ2v) is 5.44. The van der Waals surface area contributed by atoms with Gasteiger partial charge in [0.25, 0.3) is 5.91 Å². The molecule has 140 valence electrons. The minimum absolute atomic E-state index is 0.163. The summed E-state index contributed by atoms with van der Waals surface area (Å²) in [6.07, 6.45) is -3.36. The average Bonchev–Trinajstić information content (AvgIpc) is 2.92. The van der Waals surface area contributed by atoms with E-state index in [1.165, 1.54) is 11.6 Å². The van der Waals surface area contributed by atoms with Crippen LogP contribution in [0.25, 0.3) is 11.0 Å². The summed E-state index contributed by atoms with van der Waals surface area (Å²) in [6, 6.07) is 4.10. The third-order valence-corrected chi connectivity index (χ3v) is 3.21. The number of esters is 1. The second kappa shape index (κ2) is 7.89. The fourth-order valence-electron chi connectivity index (χ4n) is 2.07. The maximum absolute atomic E-state index is 11.9. The van der Waals surface area contributed by atoms with Gasteiger partial charge in [0.1, 0.15) is 12.1 Å². The SMILES string of the molecule is Cc1ccc2c(CC(=O)OCC(=O)NC(=O)NCC(F)(F)F)coc2c1. The number of ether oxygens (including phenoxy) is 1. The summed E-state index contributed by atoms with van der Waals surface area (Å²) in [5, 5.41) is 3.80. The first-order valence-corrected chi connectivity index (χ1v) is 7.41. The highest BCUT2D eigenvalue weighted by atomic mass is 19.4. The van der Waals surface area contributed by atoms with E-state index in [0.29, 0.717) is 11.1 Å². The van der Waals surface area contributed by atoms with E-state index >= 15 is 0 Å². The number of imide groups is 1. The van der Waals surface area contributed by atoms with E-state index in [0.717, 1.165) is 10.9 Å². The minimum atomic E-state index is -4.60. The van der Waals surface area contributed by atoms with E-state index < -0.39 is 37.2 Å². The van der Waals surface area contributed by atoms with E-state index in [1.54, 1.807) is 17.4 Å². The van der Waals surface area contributed by atoms with Gasteiger partial charge in [-0.2, -0.15) is 13.2 Å². The van der Waals surface area contributed by atoms with Crippen LogP contribution in [0.2, 0.25) is 0 Å². The van der Waals surface area contributed by atoms with Gasteiger partial charge >= 0.3 is 18.2 Å². The molecule has 0 saturated heterocycles. The predicted octanol–water partition coefficient (Wildman–Crippen LogP) is 2.22. The van der Waals surface area contributed by atoms with Crippen molar-refractivity contribution in [1.29, 1.82) is 0 Å². The monoisotopic (exact) mass is 372 g/mol. The van der Waals surface area contributed by atoms with Crippen LogP contribution in [0, 0.1) is 6.92 Å². The van der Waals surface area contributed by atoms with Gasteiger partial charge in [-0.15, -0.1) is 0 Å². The van der Waals surface area contributed by atoms with Crippen LogP contribution in [0.3, 0.4) is 0 Å². The van der Waals surface area contributed by atoms with E-state index in [-0.39, 0.29) is 6.42 Å². The lowest BCUT2D eigenvalue weighted by atomic mass is 10.1. The van der Waals surface area contributed by atoms with Gasteiger partial charge in [0, 0.05) is 10.9 Å². The minimum Gasteiger partial charge on any atom is -0.464 e. The number of carbonyl (C=O) groups excluding carboxylic acids is 3. The Bertz CT molecular complexity index is 829. The lowest BCUT2D eigenvalue weighted by Gasteiger charge is -2.09. The fraction of sp³-hybridized carbons (Fsp3) is 0.312. The molecule has 10 heteroatoms. The van der Waals surface area contributed by atoms with Gasteiger partial charge in [0.15, 0.2) is 6.61 Å². The molecule has 0 radical (unpaired) electrons. The Labute approximate surface area is 145 Å². The fourth-order valence-corrected chi connectivity index (χ4v) is 2.07. The first-order chi connectivity index (χ1) is 12.1. The molecule has 3 amide bonds. The summed E-state index contributed by atoms with van der Waals surface area (Å²) in [5.74, 6) is -1.80. The molecule has 0 atom stereocenters. The lowest BCUT2D eigenvalue weighted by molar-refractivity contribution is -0.147. The zero-order valence-corrected chi connectivity index (χ0v) is 13.6. The lowest BCUT2D eigenvalue weighted by Crippen LogP contribution is -2.44. The molecule has 0 aliphatic heterocycles. The normalized spacial score (nSPS) is 11.2. The third kappa shape index (κ3) is 5.80. The molecule has 0 fully saturated rings. The molecular formula is C16H15F3N2O5. The summed E-state index contributed by atoms with van der Waals surface area (Å²) in [4.78, 5) is 34.2. The highest BCUT2D eigenvalue weighted by Gasteiger charge is 2.28. The number of aryl methyl sites for hydroxylation is 1. The van der Waals surface area contributed by atoms with E-state index in [4.69, 9.17) is 9.15 Å². The number of halogens is 3. The number of carbonyl (C=O) groups is 3. The molecule has 26 heavy (non-hydrogen) atoms. The van der Waals surface area contributed by atoms with Gasteiger partial charge in [-0.25, -0.2) is 4.79 Å². The van der Waals surface area contributed by atoms with Crippen LogP contribution < -0.4 is 10.6 Å². The Morgan fingerprint density at radius 3 is 2.65 bits per heavy atom. The Morgan fingerprint density at radius 2 is 1.96 bits per heavy atom. The van der Waals surface area contributed by atoms with Crippen LogP contribution in [0.4, 0.5) is 18.0 Å². The molecule has 0 unspecified atom stereocenters. The predicted molar refractivity (Wildman–Crippen MR) is 83.2 cm³/mol. The Hall–Kier alpha value is -3.04. The zero-order chi connectivity index (χ0) is 19.3. The van der Waals surface area contributed by atoms with Crippen molar-refractivity contribution in [2.45, 2.75) is 19.5 Å². The van der Waals surface area contributed by atoms with Crippen LogP contribution in [-0.4, -0.2) is 37.2 Å². The zero-order valence-electron chi connectivity index (χ0n) is 13.6. The molecule has 1 aromatic carbocycles. The number of nitrogens with one attached hydrogen (secondary N) is 2. The number of fused-ring (bicyclic) bond motifs is 1. The van der Waals surface area contributed by atoms with Crippen LogP contribution in [-0.2, 0) is 20.7 Å². The Kier molecular flexibility index (Phi) is 5.86. The van der Waals surface area contributed by atoms with Crippen molar-refractivity contribution < 1.29 is 36.7 Å². The summed E-state index contributed by atoms with van der Waals surface area (Å²) < 4.78 is 45.8. The van der Waals surface area contributed by atoms with Crippen molar-refractivity contribution in [3.8, 4) is 0 Å². The number of benzene rings is 1. The molecule has 1 aromatic heterocycles. The molecule has 0 aliphatic rings. The Balaban J connectivity index is 1.79. The molecule has 1 heterocycles. The third-order valence-electron chi connectivity index (χ3n) is 3.21. The van der Waals surface area contributed by atoms with E-state index in [2.05, 4.69) is 0 Å². The first-order valence-electron chi connectivity index (χ1n) is 7.41. The van der Waals surface area contributed by atoms with Crippen molar-refractivity contribution in [1.82, 2.24) is 10.6 Å². The average molecular weight is 372 g/mol. The van der Waals surface area contributed by atoms with Crippen LogP contribution in [0.15, 0.2) is 28.9 Å². The first kappa shape index (κ1) is 19.3. The van der Waals surface area contributed by atoms with Crippen molar-refractivity contribution >= 4 is 28.9 Å². The number of amides is 3. The van der Waals surface area contributed by atoms with Gasteiger partial charge in [-0.3, -0.25) is 14.9 Å². The standard InChI is InChI=1S/C16H15F3N2O5/c1-9-2-3-11-10(6-25-12(11)4-9)5-14(23)26-7-13(22)21-15(24)20-8-16(17,18)19/h2-4,6H,5,7-8H2,1H3,(H2,20,21,22,24). The number of urea groups is 1. The molecule has 2 N–H and O–H groups in total. The molecular weight excluding hydrogens is 357 g/mol. The van der Waals surface area contributed by atoms with Gasteiger partial charge in [0.2, 0.25) is 0 Å². The summed E-state index contributed by atoms with van der Waals surface area (Å²) in [5.41, 5.74) is 2.15. The van der Waals surface area contributed by atoms with Crippen LogP contribution >= 0.6 is 0 Å². The summed E-state index contributed by atoms with van der Waals surface area (Å²) in [7, 11) is 0. The number of hydrogen-bond acceptors (Lipinski definition) is 5. The van der Waals surface area contributed by atoms with Gasteiger partial charge in [-0.05, 0) is 18.6 Å². The topological polar surface area (TPSA) is 97.6 Å². The highest BCUT2D eigenvalue weighted by Crippen LogP contribution is 2.22. The van der Waals surface area contributed by atoms with Crippen molar-refractivity contribution in [3.05, 3.63) is 35.6 Å². The molecule has 2 aromatic rings. The van der Waals surface area contributed by atoms with Gasteiger partial charge in [-0.1, -0.05) is 12.1 Å². The van der Waals surface area contributed by atoms with E-state index in [9.17, 15) is 27.6 Å².